The standard InChI is InChI=1S/C27H27Cl2NO2/c1-19-5-2-3-6-25(19)26(31)7-4-8-27(32)30-18-22(21-11-15-24(29)16-12-21)17-20-9-13-23(28)14-10-20/h2-3,5-6,9-16,22H,4,7-8,17-18H2,1H3,(H,30,32)/t22-/m0/s1. The third-order valence-electron chi connectivity index (χ3n) is 5.54. The van der Waals surface area contributed by atoms with Crippen molar-refractivity contribution >= 4 is 34.9 Å². The molecule has 1 atom stereocenters. The summed E-state index contributed by atoms with van der Waals surface area (Å²) in [6.45, 7) is 2.44. The molecule has 3 aromatic carbocycles. The van der Waals surface area contributed by atoms with Crippen molar-refractivity contribution in [2.45, 2.75) is 38.5 Å². The van der Waals surface area contributed by atoms with Crippen LogP contribution in [0.5, 0.6) is 0 Å². The smallest absolute Gasteiger partial charge is 0.220 e. The third-order valence-corrected chi connectivity index (χ3v) is 6.04. The minimum absolute atomic E-state index is 0.0438. The second-order valence-electron chi connectivity index (χ2n) is 7.97. The number of carbonyl (C=O) groups excluding carboxylic acids is 2. The van der Waals surface area contributed by atoms with Crippen LogP contribution in [-0.2, 0) is 11.2 Å². The minimum atomic E-state index is -0.0438. The molecule has 0 bridgehead atoms. The van der Waals surface area contributed by atoms with Crippen LogP contribution in [0.3, 0.4) is 0 Å². The van der Waals surface area contributed by atoms with Gasteiger partial charge in [-0.15, -0.1) is 0 Å². The van der Waals surface area contributed by atoms with Gasteiger partial charge in [0.05, 0.1) is 0 Å². The molecule has 0 heterocycles. The van der Waals surface area contributed by atoms with Crippen molar-refractivity contribution in [3.63, 3.8) is 0 Å². The first-order chi connectivity index (χ1) is 15.4. The first-order valence-corrected chi connectivity index (χ1v) is 11.5. The molecular weight excluding hydrogens is 441 g/mol. The molecule has 0 aromatic heterocycles. The number of halogens is 2. The summed E-state index contributed by atoms with van der Waals surface area (Å²) in [5, 5.41) is 4.42. The summed E-state index contributed by atoms with van der Waals surface area (Å²) in [7, 11) is 0. The molecule has 1 N–H and O–H groups in total. The summed E-state index contributed by atoms with van der Waals surface area (Å²) in [5.41, 5.74) is 3.96. The zero-order valence-electron chi connectivity index (χ0n) is 18.1. The number of aryl methyl sites for hydroxylation is 1. The molecule has 0 fully saturated rings. The van der Waals surface area contributed by atoms with Crippen LogP contribution < -0.4 is 5.32 Å². The Morgan fingerprint density at radius 2 is 1.47 bits per heavy atom. The van der Waals surface area contributed by atoms with Gasteiger partial charge in [-0.05, 0) is 60.7 Å². The maximum absolute atomic E-state index is 12.5. The lowest BCUT2D eigenvalue weighted by Crippen LogP contribution is -2.29. The van der Waals surface area contributed by atoms with Crippen molar-refractivity contribution < 1.29 is 9.59 Å². The van der Waals surface area contributed by atoms with Gasteiger partial charge in [0.25, 0.3) is 0 Å². The molecule has 0 aliphatic heterocycles. The topological polar surface area (TPSA) is 46.2 Å². The van der Waals surface area contributed by atoms with Crippen LogP contribution >= 0.6 is 23.2 Å². The van der Waals surface area contributed by atoms with Crippen LogP contribution in [0.25, 0.3) is 0 Å². The molecule has 0 radical (unpaired) electrons. The maximum Gasteiger partial charge on any atom is 0.220 e. The van der Waals surface area contributed by atoms with Crippen molar-refractivity contribution in [1.82, 2.24) is 5.32 Å². The van der Waals surface area contributed by atoms with Crippen LogP contribution in [0.1, 0.15) is 52.2 Å². The summed E-state index contributed by atoms with van der Waals surface area (Å²) in [6.07, 6.45) is 1.99. The Balaban J connectivity index is 1.54. The van der Waals surface area contributed by atoms with Crippen molar-refractivity contribution in [2.24, 2.45) is 0 Å². The average molecular weight is 468 g/mol. The lowest BCUT2D eigenvalue weighted by molar-refractivity contribution is -0.121. The Morgan fingerprint density at radius 3 is 2.12 bits per heavy atom. The molecule has 1 amide bonds. The summed E-state index contributed by atoms with van der Waals surface area (Å²) in [5.74, 6) is 0.140. The number of hydrogen-bond donors (Lipinski definition) is 1. The summed E-state index contributed by atoms with van der Waals surface area (Å²) in [4.78, 5) is 24.9. The van der Waals surface area contributed by atoms with Gasteiger partial charge in [0.15, 0.2) is 5.78 Å². The fourth-order valence-electron chi connectivity index (χ4n) is 3.70. The van der Waals surface area contributed by atoms with Crippen LogP contribution in [-0.4, -0.2) is 18.2 Å². The average Bonchev–Trinajstić information content (AvgIpc) is 2.79. The number of rotatable bonds is 10. The number of nitrogens with one attached hydrogen (secondary N) is 1. The zero-order valence-corrected chi connectivity index (χ0v) is 19.6. The quantitative estimate of drug-likeness (QED) is 0.333. The van der Waals surface area contributed by atoms with Crippen LogP contribution in [0.15, 0.2) is 72.8 Å². The number of benzene rings is 3. The molecule has 0 spiro atoms. The van der Waals surface area contributed by atoms with E-state index in [9.17, 15) is 9.59 Å². The molecule has 32 heavy (non-hydrogen) atoms. The van der Waals surface area contributed by atoms with Gasteiger partial charge in [-0.1, -0.05) is 71.7 Å². The van der Waals surface area contributed by atoms with Crippen LogP contribution in [0.4, 0.5) is 0 Å². The molecule has 3 aromatic rings. The normalized spacial score (nSPS) is 11.7. The van der Waals surface area contributed by atoms with Crippen molar-refractivity contribution in [1.29, 1.82) is 0 Å². The monoisotopic (exact) mass is 467 g/mol. The SMILES string of the molecule is Cc1ccccc1C(=O)CCCC(=O)NC[C@H](Cc1ccc(Cl)cc1)c1ccc(Cl)cc1. The number of hydrogen-bond acceptors (Lipinski definition) is 2. The summed E-state index contributed by atoms with van der Waals surface area (Å²) < 4.78 is 0. The van der Waals surface area contributed by atoms with Crippen molar-refractivity contribution in [2.75, 3.05) is 6.54 Å². The van der Waals surface area contributed by atoms with E-state index >= 15 is 0 Å². The molecule has 0 aliphatic carbocycles. The highest BCUT2D eigenvalue weighted by Gasteiger charge is 2.15. The second kappa shape index (κ2) is 11.8. The van der Waals surface area contributed by atoms with E-state index in [1.165, 1.54) is 0 Å². The molecule has 0 aliphatic rings. The van der Waals surface area contributed by atoms with Crippen molar-refractivity contribution in [3.8, 4) is 0 Å². The maximum atomic E-state index is 12.5. The number of amides is 1. The molecule has 3 nitrogen and oxygen atoms in total. The third kappa shape index (κ3) is 7.22. The lowest BCUT2D eigenvalue weighted by atomic mass is 9.92. The predicted octanol–water partition coefficient (Wildman–Crippen LogP) is 6.80. The highest BCUT2D eigenvalue weighted by molar-refractivity contribution is 6.30. The Hall–Kier alpha value is -2.62. The molecule has 0 saturated carbocycles. The van der Waals surface area contributed by atoms with Crippen molar-refractivity contribution in [3.05, 3.63) is 105 Å². The van der Waals surface area contributed by atoms with Crippen LogP contribution in [0.2, 0.25) is 10.0 Å². The molecule has 3 rings (SSSR count). The molecule has 0 unspecified atom stereocenters. The van der Waals surface area contributed by atoms with Gasteiger partial charge in [0, 0.05) is 40.9 Å². The van der Waals surface area contributed by atoms with E-state index in [0.29, 0.717) is 35.9 Å². The van der Waals surface area contributed by atoms with E-state index in [2.05, 4.69) is 5.32 Å². The van der Waals surface area contributed by atoms with E-state index in [-0.39, 0.29) is 17.6 Å². The Morgan fingerprint density at radius 1 is 0.844 bits per heavy atom. The van der Waals surface area contributed by atoms with Gasteiger partial charge in [-0.2, -0.15) is 0 Å². The fraction of sp³-hybridized carbons (Fsp3) is 0.259. The Labute approximate surface area is 199 Å². The highest BCUT2D eigenvalue weighted by Crippen LogP contribution is 2.23. The van der Waals surface area contributed by atoms with Crippen LogP contribution in [0, 0.1) is 6.92 Å². The highest BCUT2D eigenvalue weighted by atomic mass is 35.5. The van der Waals surface area contributed by atoms with E-state index in [1.807, 2.05) is 79.7 Å². The van der Waals surface area contributed by atoms with E-state index in [4.69, 9.17) is 23.2 Å². The summed E-state index contributed by atoms with van der Waals surface area (Å²) in [6, 6.07) is 23.0. The van der Waals surface area contributed by atoms with E-state index in [0.717, 1.165) is 28.7 Å². The number of Topliss-reactive ketones (excluding diaryl/α,β-unsaturated/α-hetero) is 1. The predicted molar refractivity (Wildman–Crippen MR) is 132 cm³/mol. The summed E-state index contributed by atoms with van der Waals surface area (Å²) >= 11 is 12.1. The van der Waals surface area contributed by atoms with Gasteiger partial charge in [-0.3, -0.25) is 9.59 Å². The Kier molecular flexibility index (Phi) is 8.90. The van der Waals surface area contributed by atoms with Gasteiger partial charge in [-0.25, -0.2) is 0 Å². The minimum Gasteiger partial charge on any atom is -0.355 e. The first kappa shape index (κ1) is 24.0. The van der Waals surface area contributed by atoms with Gasteiger partial charge < -0.3 is 5.32 Å². The van der Waals surface area contributed by atoms with Gasteiger partial charge >= 0.3 is 0 Å². The van der Waals surface area contributed by atoms with Gasteiger partial charge in [0.2, 0.25) is 5.91 Å². The Bertz CT molecular complexity index is 1050. The number of ketones is 1. The largest absolute Gasteiger partial charge is 0.355 e. The lowest BCUT2D eigenvalue weighted by Gasteiger charge is -2.19. The molecule has 0 saturated heterocycles. The molecule has 5 heteroatoms. The van der Waals surface area contributed by atoms with E-state index < -0.39 is 0 Å². The number of carbonyl (C=O) groups is 2. The second-order valence-corrected chi connectivity index (χ2v) is 8.85. The zero-order chi connectivity index (χ0) is 22.9. The molecular formula is C27H27Cl2NO2. The first-order valence-electron chi connectivity index (χ1n) is 10.8. The molecule has 166 valence electrons. The van der Waals surface area contributed by atoms with Gasteiger partial charge in [0.1, 0.15) is 0 Å². The van der Waals surface area contributed by atoms with E-state index in [1.54, 1.807) is 0 Å². The fourth-order valence-corrected chi connectivity index (χ4v) is 3.96.